The number of aliphatic hydroxyl groups excluding tert-OH is 1. The number of hydrogen-bond donors (Lipinski definition) is 2. The van der Waals surface area contributed by atoms with Gasteiger partial charge in [0, 0.05) is 24.6 Å². The SMILES string of the molecule is CC(CO)C(C)NCc1csc(-c2cccs2)n1. The number of thiophene rings is 1. The minimum Gasteiger partial charge on any atom is -0.396 e. The van der Waals surface area contributed by atoms with Crippen LogP contribution in [-0.4, -0.2) is 22.7 Å². The van der Waals surface area contributed by atoms with Gasteiger partial charge in [-0.1, -0.05) is 13.0 Å². The molecule has 2 atom stereocenters. The highest BCUT2D eigenvalue weighted by molar-refractivity contribution is 7.20. The van der Waals surface area contributed by atoms with E-state index in [1.165, 1.54) is 4.88 Å². The first-order valence-corrected chi connectivity index (χ1v) is 7.79. The molecule has 0 fully saturated rings. The fourth-order valence-electron chi connectivity index (χ4n) is 1.53. The molecule has 18 heavy (non-hydrogen) atoms. The molecule has 0 aliphatic rings. The van der Waals surface area contributed by atoms with E-state index in [0.717, 1.165) is 17.2 Å². The Kier molecular flexibility index (Phi) is 4.88. The summed E-state index contributed by atoms with van der Waals surface area (Å²) >= 11 is 3.40. The van der Waals surface area contributed by atoms with E-state index >= 15 is 0 Å². The number of rotatable bonds is 6. The Bertz CT molecular complexity index is 467. The molecule has 0 bridgehead atoms. The Morgan fingerprint density at radius 1 is 1.39 bits per heavy atom. The van der Waals surface area contributed by atoms with Crippen LogP contribution in [0.15, 0.2) is 22.9 Å². The van der Waals surface area contributed by atoms with Gasteiger partial charge in [0.15, 0.2) is 0 Å². The van der Waals surface area contributed by atoms with Gasteiger partial charge < -0.3 is 10.4 Å². The first-order valence-electron chi connectivity index (χ1n) is 6.03. The molecule has 0 aromatic carbocycles. The molecule has 0 aliphatic heterocycles. The second-order valence-corrected chi connectivity index (χ2v) is 6.26. The van der Waals surface area contributed by atoms with Gasteiger partial charge in [0.25, 0.3) is 0 Å². The van der Waals surface area contributed by atoms with Crippen molar-refractivity contribution in [3.8, 4) is 9.88 Å². The molecule has 2 unspecified atom stereocenters. The van der Waals surface area contributed by atoms with Crippen molar-refractivity contribution in [3.63, 3.8) is 0 Å². The topological polar surface area (TPSA) is 45.1 Å². The zero-order valence-corrected chi connectivity index (χ0v) is 12.2. The normalized spacial score (nSPS) is 14.6. The lowest BCUT2D eigenvalue weighted by Crippen LogP contribution is -2.33. The highest BCUT2D eigenvalue weighted by Gasteiger charge is 2.11. The third-order valence-corrected chi connectivity index (χ3v) is 4.96. The summed E-state index contributed by atoms with van der Waals surface area (Å²) in [4.78, 5) is 5.84. The van der Waals surface area contributed by atoms with E-state index in [4.69, 9.17) is 5.11 Å². The highest BCUT2D eigenvalue weighted by Crippen LogP contribution is 2.27. The Hall–Kier alpha value is -0.750. The van der Waals surface area contributed by atoms with Gasteiger partial charge in [0.1, 0.15) is 5.01 Å². The van der Waals surface area contributed by atoms with Crippen LogP contribution in [0.3, 0.4) is 0 Å². The summed E-state index contributed by atoms with van der Waals surface area (Å²) in [5.74, 6) is 0.264. The molecule has 0 aliphatic carbocycles. The Balaban J connectivity index is 1.91. The van der Waals surface area contributed by atoms with E-state index in [-0.39, 0.29) is 12.5 Å². The van der Waals surface area contributed by atoms with Gasteiger partial charge >= 0.3 is 0 Å². The minimum atomic E-state index is 0.214. The van der Waals surface area contributed by atoms with Gasteiger partial charge in [-0.25, -0.2) is 4.98 Å². The third kappa shape index (κ3) is 3.38. The monoisotopic (exact) mass is 282 g/mol. The van der Waals surface area contributed by atoms with Gasteiger partial charge in [0.2, 0.25) is 0 Å². The van der Waals surface area contributed by atoms with Crippen LogP contribution >= 0.6 is 22.7 Å². The molecule has 2 aromatic heterocycles. The lowest BCUT2D eigenvalue weighted by atomic mass is 10.1. The van der Waals surface area contributed by atoms with E-state index in [9.17, 15) is 0 Å². The quantitative estimate of drug-likeness (QED) is 0.856. The molecule has 0 spiro atoms. The molecule has 0 saturated carbocycles. The van der Waals surface area contributed by atoms with Crippen molar-refractivity contribution in [3.05, 3.63) is 28.6 Å². The van der Waals surface area contributed by atoms with Crippen molar-refractivity contribution in [2.45, 2.75) is 26.4 Å². The number of thiazole rings is 1. The van der Waals surface area contributed by atoms with Crippen LogP contribution in [0.25, 0.3) is 9.88 Å². The summed E-state index contributed by atoms with van der Waals surface area (Å²) in [5, 5.41) is 17.7. The summed E-state index contributed by atoms with van der Waals surface area (Å²) in [6, 6.07) is 4.43. The molecule has 3 nitrogen and oxygen atoms in total. The molecule has 0 radical (unpaired) electrons. The van der Waals surface area contributed by atoms with Crippen LogP contribution in [-0.2, 0) is 6.54 Å². The van der Waals surface area contributed by atoms with E-state index in [1.807, 2.05) is 13.0 Å². The standard InChI is InChI=1S/C13H18N2OS2/c1-9(7-16)10(2)14-6-11-8-18-13(15-11)12-4-3-5-17-12/h3-5,8-10,14,16H,6-7H2,1-2H3. The maximum atomic E-state index is 9.08. The predicted octanol–water partition coefficient (Wildman–Crippen LogP) is 2.98. The van der Waals surface area contributed by atoms with E-state index in [0.29, 0.717) is 6.04 Å². The molecular weight excluding hydrogens is 264 g/mol. The van der Waals surface area contributed by atoms with Gasteiger partial charge in [-0.2, -0.15) is 0 Å². The van der Waals surface area contributed by atoms with Gasteiger partial charge in [-0.05, 0) is 24.3 Å². The molecular formula is C13H18N2OS2. The highest BCUT2D eigenvalue weighted by atomic mass is 32.1. The zero-order chi connectivity index (χ0) is 13.0. The number of nitrogens with one attached hydrogen (secondary N) is 1. The summed E-state index contributed by atoms with van der Waals surface area (Å²) in [6.07, 6.45) is 0. The predicted molar refractivity (Wildman–Crippen MR) is 78.0 cm³/mol. The minimum absolute atomic E-state index is 0.214. The average Bonchev–Trinajstić information content (AvgIpc) is 3.04. The van der Waals surface area contributed by atoms with Gasteiger partial charge in [-0.15, -0.1) is 22.7 Å². The van der Waals surface area contributed by atoms with Gasteiger partial charge in [0.05, 0.1) is 10.6 Å². The van der Waals surface area contributed by atoms with Crippen LogP contribution in [0.2, 0.25) is 0 Å². The number of aromatic nitrogens is 1. The second-order valence-electron chi connectivity index (χ2n) is 4.45. The smallest absolute Gasteiger partial charge is 0.133 e. The van der Waals surface area contributed by atoms with E-state index in [2.05, 4.69) is 34.1 Å². The molecule has 98 valence electrons. The van der Waals surface area contributed by atoms with Crippen molar-refractivity contribution in [1.29, 1.82) is 0 Å². The lowest BCUT2D eigenvalue weighted by Gasteiger charge is -2.18. The second kappa shape index (κ2) is 6.43. The third-order valence-electron chi connectivity index (χ3n) is 3.03. The summed E-state index contributed by atoms with van der Waals surface area (Å²) in [7, 11) is 0. The Labute approximate surface area is 116 Å². The van der Waals surface area contributed by atoms with Crippen LogP contribution in [0.5, 0.6) is 0 Å². The maximum Gasteiger partial charge on any atom is 0.133 e. The summed E-state index contributed by atoms with van der Waals surface area (Å²) in [6.45, 7) is 5.10. The molecule has 0 amide bonds. The molecule has 0 saturated heterocycles. The molecule has 2 N–H and O–H groups in total. The summed E-state index contributed by atoms with van der Waals surface area (Å²) in [5.41, 5.74) is 1.07. The van der Waals surface area contributed by atoms with Crippen LogP contribution in [0, 0.1) is 5.92 Å². The Morgan fingerprint density at radius 3 is 2.89 bits per heavy atom. The number of hydrogen-bond acceptors (Lipinski definition) is 5. The Morgan fingerprint density at radius 2 is 2.22 bits per heavy atom. The fraction of sp³-hybridized carbons (Fsp3) is 0.462. The number of aliphatic hydroxyl groups is 1. The van der Waals surface area contributed by atoms with Crippen molar-refractivity contribution >= 4 is 22.7 Å². The molecule has 2 rings (SSSR count). The van der Waals surface area contributed by atoms with Crippen molar-refractivity contribution < 1.29 is 5.11 Å². The van der Waals surface area contributed by atoms with Crippen molar-refractivity contribution in [2.75, 3.05) is 6.61 Å². The van der Waals surface area contributed by atoms with Crippen molar-refractivity contribution in [1.82, 2.24) is 10.3 Å². The zero-order valence-electron chi connectivity index (χ0n) is 10.6. The first kappa shape index (κ1) is 13.7. The number of nitrogens with zero attached hydrogens (tertiary/aromatic N) is 1. The van der Waals surface area contributed by atoms with E-state index in [1.54, 1.807) is 22.7 Å². The largest absolute Gasteiger partial charge is 0.396 e. The molecule has 2 aromatic rings. The fourth-order valence-corrected chi connectivity index (χ4v) is 3.16. The van der Waals surface area contributed by atoms with Crippen LogP contribution in [0.1, 0.15) is 19.5 Å². The molecule has 2 heterocycles. The lowest BCUT2D eigenvalue weighted by molar-refractivity contribution is 0.207. The molecule has 5 heteroatoms. The van der Waals surface area contributed by atoms with Gasteiger partial charge in [-0.3, -0.25) is 0 Å². The van der Waals surface area contributed by atoms with Crippen molar-refractivity contribution in [2.24, 2.45) is 5.92 Å². The first-order chi connectivity index (χ1) is 8.70. The van der Waals surface area contributed by atoms with E-state index < -0.39 is 0 Å². The average molecular weight is 282 g/mol. The van der Waals surface area contributed by atoms with Crippen LogP contribution < -0.4 is 5.32 Å². The maximum absolute atomic E-state index is 9.08. The van der Waals surface area contributed by atoms with Crippen LogP contribution in [0.4, 0.5) is 0 Å². The summed E-state index contributed by atoms with van der Waals surface area (Å²) < 4.78 is 0.